The van der Waals surface area contributed by atoms with E-state index >= 15 is 0 Å². The van der Waals surface area contributed by atoms with Gasteiger partial charge in [-0.05, 0) is 17.7 Å². The fraction of sp³-hybridized carbons (Fsp3) is 0.200. The lowest BCUT2D eigenvalue weighted by Crippen LogP contribution is -2.23. The third kappa shape index (κ3) is 4.84. The predicted octanol–water partition coefficient (Wildman–Crippen LogP) is 5.12. The Morgan fingerprint density at radius 2 is 1.74 bits per heavy atom. The van der Waals surface area contributed by atoms with Gasteiger partial charge in [-0.15, -0.1) is 0 Å². The average molecular weight is 547 g/mol. The Kier molecular flexibility index (Phi) is 6.40. The molecule has 0 bridgehead atoms. The van der Waals surface area contributed by atoms with Crippen LogP contribution in [0.15, 0.2) is 54.9 Å². The summed E-state index contributed by atoms with van der Waals surface area (Å²) in [7, 11) is 3.08. The van der Waals surface area contributed by atoms with Crippen molar-refractivity contribution < 1.29 is 31.1 Å². The van der Waals surface area contributed by atoms with Gasteiger partial charge in [-0.25, -0.2) is 19.3 Å². The molecular weight excluding hydrogens is 528 g/mol. The molecule has 5 rings (SSSR count). The average Bonchev–Trinajstić information content (AvgIpc) is 3.38. The van der Waals surface area contributed by atoms with Crippen molar-refractivity contribution in [1.29, 1.82) is 5.41 Å². The maximum atomic E-state index is 14.7. The zero-order valence-electron chi connectivity index (χ0n) is 20.3. The number of aromatic nitrogens is 6. The van der Waals surface area contributed by atoms with E-state index in [-0.39, 0.29) is 35.0 Å². The molecule has 3 heterocycles. The van der Waals surface area contributed by atoms with Gasteiger partial charge < -0.3 is 13.9 Å². The summed E-state index contributed by atoms with van der Waals surface area (Å²) in [6.07, 6.45) is -2.30. The number of benzene rings is 2. The number of ether oxygens (including phenoxy) is 1. The van der Waals surface area contributed by atoms with Crippen molar-refractivity contribution in [2.45, 2.75) is 19.3 Å². The van der Waals surface area contributed by atoms with E-state index < -0.39 is 30.0 Å². The minimum Gasteiger partial charge on any atom is -0.434 e. The van der Waals surface area contributed by atoms with Crippen molar-refractivity contribution in [2.24, 2.45) is 14.1 Å². The fourth-order valence-electron chi connectivity index (χ4n) is 4.20. The fourth-order valence-corrected chi connectivity index (χ4v) is 4.20. The van der Waals surface area contributed by atoms with Crippen LogP contribution >= 0.6 is 0 Å². The highest BCUT2D eigenvalue weighted by molar-refractivity contribution is 5.75. The van der Waals surface area contributed by atoms with Crippen molar-refractivity contribution in [2.75, 3.05) is 0 Å². The van der Waals surface area contributed by atoms with Crippen molar-refractivity contribution >= 4 is 11.2 Å². The number of hydrogen-bond donors (Lipinski definition) is 1. The van der Waals surface area contributed by atoms with E-state index in [1.54, 1.807) is 31.3 Å². The Morgan fingerprint density at radius 1 is 1.03 bits per heavy atom. The summed E-state index contributed by atoms with van der Waals surface area (Å²) in [6.45, 7) is -3.07. The molecular formula is C25H19F6N7O. The number of aryl methyl sites for hydroxylation is 2. The van der Waals surface area contributed by atoms with Crippen molar-refractivity contribution in [3.05, 3.63) is 77.6 Å². The molecule has 0 aliphatic carbocycles. The van der Waals surface area contributed by atoms with E-state index in [1.807, 2.05) is 0 Å². The third-order valence-corrected chi connectivity index (χ3v) is 6.08. The number of nitrogens with one attached hydrogen (secondary N) is 1. The van der Waals surface area contributed by atoms with Crippen LogP contribution in [0.5, 0.6) is 5.75 Å². The smallest absolute Gasteiger partial charge is 0.434 e. The number of alkyl halides is 5. The van der Waals surface area contributed by atoms with Gasteiger partial charge in [0.25, 0.3) is 0 Å². The lowest BCUT2D eigenvalue weighted by molar-refractivity contribution is -0.140. The second-order valence-corrected chi connectivity index (χ2v) is 8.62. The SMILES string of the molecule is Cn1cc(C(F)(F)F)nc1-c1ccc(Cn2c(=N)n(C)c3cnc(-c4c(F)cccc4OC(F)F)nc32)cc1. The second kappa shape index (κ2) is 9.60. The van der Waals surface area contributed by atoms with Crippen LogP contribution in [-0.2, 0) is 26.8 Å². The molecule has 2 aromatic carbocycles. The Balaban J connectivity index is 1.52. The summed E-state index contributed by atoms with van der Waals surface area (Å²) in [4.78, 5) is 12.2. The number of imidazole rings is 2. The van der Waals surface area contributed by atoms with Crippen LogP contribution in [0.3, 0.4) is 0 Å². The third-order valence-electron chi connectivity index (χ3n) is 6.08. The standard InChI is InChI=1S/C25H19F6N7O/c1-36-12-18(25(29,30)31)34-21(36)14-8-6-13(7-9-14)11-38-22-16(37(2)24(38)32)10-33-20(35-22)19-15(26)4-3-5-17(19)39-23(27)28/h3-10,12,23,32H,11H2,1-2H3. The molecule has 0 saturated heterocycles. The van der Waals surface area contributed by atoms with Gasteiger partial charge in [-0.3, -0.25) is 9.98 Å². The minimum atomic E-state index is -4.57. The molecule has 5 aromatic rings. The van der Waals surface area contributed by atoms with Gasteiger partial charge in [0.15, 0.2) is 17.2 Å². The first-order valence-electron chi connectivity index (χ1n) is 11.3. The van der Waals surface area contributed by atoms with E-state index in [4.69, 9.17) is 5.41 Å². The minimum absolute atomic E-state index is 0.0250. The molecule has 0 aliphatic heterocycles. The number of rotatable bonds is 6. The Bertz CT molecular complexity index is 1740. The number of halogens is 6. The summed E-state index contributed by atoms with van der Waals surface area (Å²) < 4.78 is 88.3. The predicted molar refractivity (Wildman–Crippen MR) is 127 cm³/mol. The van der Waals surface area contributed by atoms with Crippen molar-refractivity contribution in [1.82, 2.24) is 28.7 Å². The highest BCUT2D eigenvalue weighted by Gasteiger charge is 2.34. The van der Waals surface area contributed by atoms with Crippen LogP contribution in [0.4, 0.5) is 26.3 Å². The van der Waals surface area contributed by atoms with Crippen LogP contribution in [0.25, 0.3) is 33.9 Å². The van der Waals surface area contributed by atoms with E-state index in [9.17, 15) is 26.3 Å². The molecule has 0 fully saturated rings. The van der Waals surface area contributed by atoms with Gasteiger partial charge in [0.1, 0.15) is 22.9 Å². The number of hydrogen-bond acceptors (Lipinski definition) is 5. The Morgan fingerprint density at radius 3 is 2.38 bits per heavy atom. The normalized spacial score (nSPS) is 12.0. The molecule has 39 heavy (non-hydrogen) atoms. The molecule has 3 aromatic heterocycles. The maximum absolute atomic E-state index is 14.7. The summed E-state index contributed by atoms with van der Waals surface area (Å²) in [5.74, 6) is -1.37. The highest BCUT2D eigenvalue weighted by atomic mass is 19.4. The maximum Gasteiger partial charge on any atom is 0.434 e. The molecule has 0 saturated carbocycles. The largest absolute Gasteiger partial charge is 0.434 e. The first kappa shape index (κ1) is 26.0. The zero-order valence-corrected chi connectivity index (χ0v) is 20.3. The Labute approximate surface area is 216 Å². The van der Waals surface area contributed by atoms with Crippen LogP contribution in [0.2, 0.25) is 0 Å². The number of fused-ring (bicyclic) bond motifs is 1. The quantitative estimate of drug-likeness (QED) is 0.299. The van der Waals surface area contributed by atoms with Gasteiger partial charge >= 0.3 is 12.8 Å². The molecule has 202 valence electrons. The molecule has 0 amide bonds. The molecule has 8 nitrogen and oxygen atoms in total. The summed E-state index contributed by atoms with van der Waals surface area (Å²) in [5.41, 5.74) is 0.491. The van der Waals surface area contributed by atoms with Gasteiger partial charge in [0.2, 0.25) is 5.62 Å². The summed E-state index contributed by atoms with van der Waals surface area (Å²) in [5, 5.41) is 8.53. The first-order valence-corrected chi connectivity index (χ1v) is 11.3. The van der Waals surface area contributed by atoms with E-state index in [0.717, 1.165) is 12.3 Å². The topological polar surface area (TPSA) is 86.5 Å². The van der Waals surface area contributed by atoms with E-state index in [0.29, 0.717) is 16.6 Å². The molecule has 0 atom stereocenters. The Hall–Kier alpha value is -4.62. The lowest BCUT2D eigenvalue weighted by Gasteiger charge is -2.11. The van der Waals surface area contributed by atoms with Crippen molar-refractivity contribution in [3.63, 3.8) is 0 Å². The molecule has 0 aliphatic rings. The van der Waals surface area contributed by atoms with Crippen LogP contribution in [-0.4, -0.2) is 35.3 Å². The van der Waals surface area contributed by atoms with Crippen molar-refractivity contribution in [3.8, 4) is 28.5 Å². The molecule has 0 radical (unpaired) electrons. The van der Waals surface area contributed by atoms with E-state index in [2.05, 4.69) is 19.7 Å². The summed E-state index contributed by atoms with van der Waals surface area (Å²) >= 11 is 0. The van der Waals surface area contributed by atoms with Crippen LogP contribution in [0, 0.1) is 11.2 Å². The van der Waals surface area contributed by atoms with Gasteiger partial charge in [0, 0.05) is 25.9 Å². The molecule has 0 spiro atoms. The lowest BCUT2D eigenvalue weighted by atomic mass is 10.1. The van der Waals surface area contributed by atoms with Gasteiger partial charge in [-0.1, -0.05) is 30.3 Å². The van der Waals surface area contributed by atoms with Gasteiger partial charge in [0.05, 0.1) is 18.3 Å². The molecule has 1 N–H and O–H groups in total. The van der Waals surface area contributed by atoms with Crippen LogP contribution < -0.4 is 10.4 Å². The van der Waals surface area contributed by atoms with E-state index in [1.165, 1.54) is 39.1 Å². The van der Waals surface area contributed by atoms with Gasteiger partial charge in [-0.2, -0.15) is 22.0 Å². The summed E-state index contributed by atoms with van der Waals surface area (Å²) in [6, 6.07) is 10.0. The first-order chi connectivity index (χ1) is 18.4. The monoisotopic (exact) mass is 547 g/mol. The molecule has 14 heteroatoms. The number of nitrogens with zero attached hydrogens (tertiary/aromatic N) is 6. The highest BCUT2D eigenvalue weighted by Crippen LogP contribution is 2.33. The van der Waals surface area contributed by atoms with Crippen LogP contribution in [0.1, 0.15) is 11.3 Å². The molecule has 0 unspecified atom stereocenters. The zero-order chi connectivity index (χ0) is 28.1. The second-order valence-electron chi connectivity index (χ2n) is 8.62.